The first-order valence-electron chi connectivity index (χ1n) is 8.30. The first kappa shape index (κ1) is 23.7. The Morgan fingerprint density at radius 3 is 2.22 bits per heavy atom. The first-order chi connectivity index (χ1) is 12.1. The van der Waals surface area contributed by atoms with Crippen LogP contribution in [0, 0.1) is 5.92 Å². The van der Waals surface area contributed by atoms with Crippen LogP contribution < -0.4 is 15.8 Å². The third-order valence-electron chi connectivity index (χ3n) is 4.41. The molecule has 0 saturated heterocycles. The molecule has 1 fully saturated rings. The number of hydrogen-bond acceptors (Lipinski definition) is 4. The van der Waals surface area contributed by atoms with Gasteiger partial charge >= 0.3 is 6.18 Å². The summed E-state index contributed by atoms with van der Waals surface area (Å²) in [5.74, 6) is -0.729. The molecule has 1 aliphatic carbocycles. The van der Waals surface area contributed by atoms with Gasteiger partial charge in [-0.25, -0.2) is 13.1 Å². The van der Waals surface area contributed by atoms with E-state index < -0.39 is 28.7 Å². The Kier molecular flexibility index (Phi) is 8.52. The van der Waals surface area contributed by atoms with E-state index in [0.29, 0.717) is 0 Å². The minimum absolute atomic E-state index is 0. The maximum atomic E-state index is 12.5. The van der Waals surface area contributed by atoms with Crippen LogP contribution in [-0.2, 0) is 10.0 Å². The van der Waals surface area contributed by atoms with E-state index in [1.165, 1.54) is 24.3 Å². The van der Waals surface area contributed by atoms with Gasteiger partial charge in [0.25, 0.3) is 5.91 Å². The Morgan fingerprint density at radius 1 is 1.19 bits per heavy atom. The second-order valence-corrected chi connectivity index (χ2v) is 8.04. The second kappa shape index (κ2) is 9.72. The summed E-state index contributed by atoms with van der Waals surface area (Å²) in [6.45, 7) is -1.27. The Bertz CT molecular complexity index is 721. The van der Waals surface area contributed by atoms with E-state index >= 15 is 0 Å². The number of rotatable bonds is 7. The largest absolute Gasteiger partial charge is 0.405 e. The van der Waals surface area contributed by atoms with Crippen molar-refractivity contribution in [3.63, 3.8) is 0 Å². The van der Waals surface area contributed by atoms with E-state index in [4.69, 9.17) is 5.73 Å². The van der Waals surface area contributed by atoms with Gasteiger partial charge in [0.05, 0.1) is 4.90 Å². The van der Waals surface area contributed by atoms with Crippen LogP contribution in [-0.4, -0.2) is 39.6 Å². The highest BCUT2D eigenvalue weighted by Gasteiger charge is 2.29. The minimum atomic E-state index is -4.51. The van der Waals surface area contributed by atoms with Gasteiger partial charge in [-0.3, -0.25) is 4.79 Å². The Morgan fingerprint density at radius 2 is 1.74 bits per heavy atom. The topological polar surface area (TPSA) is 101 Å². The maximum absolute atomic E-state index is 12.5. The van der Waals surface area contributed by atoms with E-state index in [1.54, 1.807) is 5.32 Å². The third-order valence-corrected chi connectivity index (χ3v) is 5.91. The lowest BCUT2D eigenvalue weighted by Crippen LogP contribution is -2.44. The first-order valence-corrected chi connectivity index (χ1v) is 9.78. The Labute approximate surface area is 162 Å². The van der Waals surface area contributed by atoms with Gasteiger partial charge in [0.15, 0.2) is 0 Å². The van der Waals surface area contributed by atoms with Crippen LogP contribution in [0.1, 0.15) is 36.0 Å². The molecule has 1 saturated carbocycles. The van der Waals surface area contributed by atoms with Crippen LogP contribution >= 0.6 is 12.4 Å². The molecule has 1 atom stereocenters. The SMILES string of the molecule is Cl.NCC(NS(=O)(=O)c1ccc(C(=O)NCC(F)(F)F)cc1)C1CCCC1. The summed E-state index contributed by atoms with van der Waals surface area (Å²) in [6.07, 6.45) is -0.582. The smallest absolute Gasteiger partial charge is 0.343 e. The standard InChI is InChI=1S/C16H22F3N3O3S.ClH/c17-16(18,19)10-21-15(23)12-5-7-13(8-6-12)26(24,25)22-14(9-20)11-3-1-2-4-11;/h5-8,11,14,22H,1-4,9-10,20H2,(H,21,23);1H. The van der Waals surface area contributed by atoms with Gasteiger partial charge < -0.3 is 11.1 Å². The number of amides is 1. The van der Waals surface area contributed by atoms with Crippen LogP contribution in [0.3, 0.4) is 0 Å². The monoisotopic (exact) mass is 429 g/mol. The number of alkyl halides is 3. The van der Waals surface area contributed by atoms with Gasteiger partial charge in [-0.2, -0.15) is 13.2 Å². The van der Waals surface area contributed by atoms with Gasteiger partial charge in [-0.05, 0) is 43.0 Å². The predicted molar refractivity (Wildman–Crippen MR) is 97.2 cm³/mol. The number of hydrogen-bond donors (Lipinski definition) is 3. The summed E-state index contributed by atoms with van der Waals surface area (Å²) >= 11 is 0. The van der Waals surface area contributed by atoms with Crippen molar-refractivity contribution in [2.45, 2.75) is 42.8 Å². The fraction of sp³-hybridized carbons (Fsp3) is 0.562. The molecule has 0 heterocycles. The van der Waals surface area contributed by atoms with E-state index in [-0.39, 0.29) is 41.4 Å². The lowest BCUT2D eigenvalue weighted by molar-refractivity contribution is -0.123. The van der Waals surface area contributed by atoms with Gasteiger partial charge in [-0.15, -0.1) is 12.4 Å². The molecule has 1 amide bonds. The van der Waals surface area contributed by atoms with E-state index in [2.05, 4.69) is 4.72 Å². The molecule has 0 bridgehead atoms. The summed E-state index contributed by atoms with van der Waals surface area (Å²) in [5, 5.41) is 1.73. The number of nitrogens with one attached hydrogen (secondary N) is 2. The van der Waals surface area contributed by atoms with Gasteiger partial charge in [-0.1, -0.05) is 12.8 Å². The molecule has 1 aliphatic rings. The Balaban J connectivity index is 0.00000364. The van der Waals surface area contributed by atoms with Crippen molar-refractivity contribution in [3.8, 4) is 0 Å². The number of sulfonamides is 1. The average molecular weight is 430 g/mol. The summed E-state index contributed by atoms with van der Waals surface area (Å²) in [6, 6.07) is 4.36. The van der Waals surface area contributed by atoms with Crippen molar-refractivity contribution < 1.29 is 26.4 Å². The lowest BCUT2D eigenvalue weighted by Gasteiger charge is -2.23. The zero-order valence-corrected chi connectivity index (χ0v) is 16.1. The molecular formula is C16H23ClF3N3O3S. The number of nitrogens with two attached hydrogens (primary N) is 1. The molecule has 154 valence electrons. The number of halogens is 4. The molecule has 27 heavy (non-hydrogen) atoms. The van der Waals surface area contributed by atoms with Crippen LogP contribution in [0.25, 0.3) is 0 Å². The van der Waals surface area contributed by atoms with Crippen LogP contribution in [0.4, 0.5) is 13.2 Å². The highest BCUT2D eigenvalue weighted by Crippen LogP contribution is 2.28. The zero-order chi connectivity index (χ0) is 19.4. The van der Waals surface area contributed by atoms with E-state index in [1.807, 2.05) is 0 Å². The highest BCUT2D eigenvalue weighted by molar-refractivity contribution is 7.89. The molecular weight excluding hydrogens is 407 g/mol. The van der Waals surface area contributed by atoms with Crippen LogP contribution in [0.15, 0.2) is 29.2 Å². The molecule has 11 heteroatoms. The van der Waals surface area contributed by atoms with Crippen LogP contribution in [0.2, 0.25) is 0 Å². The van der Waals surface area contributed by atoms with Crippen LogP contribution in [0.5, 0.6) is 0 Å². The molecule has 6 nitrogen and oxygen atoms in total. The highest BCUT2D eigenvalue weighted by atomic mass is 35.5. The van der Waals surface area contributed by atoms with Gasteiger partial charge in [0, 0.05) is 18.2 Å². The van der Waals surface area contributed by atoms with Crippen molar-refractivity contribution >= 4 is 28.3 Å². The molecule has 1 unspecified atom stereocenters. The molecule has 0 aromatic heterocycles. The fourth-order valence-electron chi connectivity index (χ4n) is 3.03. The van der Waals surface area contributed by atoms with Crippen molar-refractivity contribution in [2.24, 2.45) is 11.7 Å². The van der Waals surface area contributed by atoms with Crippen molar-refractivity contribution in [3.05, 3.63) is 29.8 Å². The lowest BCUT2D eigenvalue weighted by atomic mass is 9.99. The maximum Gasteiger partial charge on any atom is 0.405 e. The number of benzene rings is 1. The van der Waals surface area contributed by atoms with Gasteiger partial charge in [0.2, 0.25) is 10.0 Å². The molecule has 0 spiro atoms. The summed E-state index contributed by atoms with van der Waals surface area (Å²) < 4.78 is 63.9. The zero-order valence-electron chi connectivity index (χ0n) is 14.5. The van der Waals surface area contributed by atoms with Crippen molar-refractivity contribution in [1.29, 1.82) is 0 Å². The molecule has 0 radical (unpaired) electrons. The normalized spacial score (nSPS) is 16.6. The molecule has 1 aromatic carbocycles. The molecule has 0 aliphatic heterocycles. The van der Waals surface area contributed by atoms with E-state index in [0.717, 1.165) is 25.7 Å². The number of carbonyl (C=O) groups excluding carboxylic acids is 1. The Hall–Kier alpha value is -1.36. The second-order valence-electron chi connectivity index (χ2n) is 6.33. The quantitative estimate of drug-likeness (QED) is 0.618. The summed E-state index contributed by atoms with van der Waals surface area (Å²) in [7, 11) is -3.83. The summed E-state index contributed by atoms with van der Waals surface area (Å²) in [4.78, 5) is 11.6. The third kappa shape index (κ3) is 6.95. The van der Waals surface area contributed by atoms with Gasteiger partial charge in [0.1, 0.15) is 6.54 Å². The van der Waals surface area contributed by atoms with Crippen molar-refractivity contribution in [2.75, 3.05) is 13.1 Å². The summed E-state index contributed by atoms with van der Waals surface area (Å²) in [5.41, 5.74) is 5.64. The van der Waals surface area contributed by atoms with Crippen molar-refractivity contribution in [1.82, 2.24) is 10.0 Å². The molecule has 1 aromatic rings. The molecule has 4 N–H and O–H groups in total. The minimum Gasteiger partial charge on any atom is -0.343 e. The fourth-order valence-corrected chi connectivity index (χ4v) is 4.35. The number of carbonyl (C=O) groups is 1. The average Bonchev–Trinajstić information content (AvgIpc) is 3.11. The molecule has 2 rings (SSSR count). The van der Waals surface area contributed by atoms with E-state index in [9.17, 15) is 26.4 Å². The predicted octanol–water partition coefficient (Wildman–Crippen LogP) is 2.20.